The quantitative estimate of drug-likeness (QED) is 0.373. The van der Waals surface area contributed by atoms with Crippen LogP contribution < -0.4 is 11.9 Å². The van der Waals surface area contributed by atoms with Crippen molar-refractivity contribution in [3.05, 3.63) is 78.7 Å². The van der Waals surface area contributed by atoms with Gasteiger partial charge in [0, 0.05) is 35.1 Å². The lowest BCUT2D eigenvalue weighted by Gasteiger charge is -2.04. The predicted octanol–water partition coefficient (Wildman–Crippen LogP) is 5.05. The highest BCUT2D eigenvalue weighted by Crippen LogP contribution is 2.36. The van der Waals surface area contributed by atoms with E-state index in [9.17, 15) is 20.2 Å². The summed E-state index contributed by atoms with van der Waals surface area (Å²) in [5.41, 5.74) is 6.82. The molecule has 10 nitrogen and oxygen atoms in total. The summed E-state index contributed by atoms with van der Waals surface area (Å²) < 4.78 is 1.70. The topological polar surface area (TPSA) is 165 Å². The summed E-state index contributed by atoms with van der Waals surface area (Å²) in [5, 5.41) is 23.0. The van der Waals surface area contributed by atoms with Crippen LogP contribution in [0.15, 0.2) is 42.7 Å². The fourth-order valence-electron chi connectivity index (χ4n) is 2.93. The van der Waals surface area contributed by atoms with Crippen LogP contribution in [0.25, 0.3) is 11.1 Å². The van der Waals surface area contributed by atoms with E-state index in [1.165, 1.54) is 18.3 Å². The third kappa shape index (κ3) is 5.03. The standard InChI is InChI=1S/C18H15Cl2N5O4.H3N/c19-11-3-5-13(15(20)8-11)14-9-23(10-17(14)25(28)29)7-1-2-12-4-6-16(24(26)27)18(21)22-12;/h3-6,8-10H,1-2,7H2,(H2,21,22);1H3. The summed E-state index contributed by atoms with van der Waals surface area (Å²) in [5.74, 6) is -0.135. The molecule has 0 radical (unpaired) electrons. The van der Waals surface area contributed by atoms with Crippen molar-refractivity contribution in [3.63, 3.8) is 0 Å². The van der Waals surface area contributed by atoms with Gasteiger partial charge < -0.3 is 16.5 Å². The van der Waals surface area contributed by atoms with E-state index in [4.69, 9.17) is 28.9 Å². The highest BCUT2D eigenvalue weighted by molar-refractivity contribution is 6.36. The highest BCUT2D eigenvalue weighted by Gasteiger charge is 2.21. The van der Waals surface area contributed by atoms with E-state index in [2.05, 4.69) is 4.98 Å². The third-order valence-corrected chi connectivity index (χ3v) is 4.83. The van der Waals surface area contributed by atoms with Crippen molar-refractivity contribution < 1.29 is 9.85 Å². The number of nitro groups is 2. The largest absolute Gasteiger partial charge is 0.378 e. The molecule has 0 saturated carbocycles. The van der Waals surface area contributed by atoms with Crippen LogP contribution in [0, 0.1) is 20.2 Å². The minimum atomic E-state index is -0.589. The number of anilines is 1. The molecule has 0 atom stereocenters. The second-order valence-electron chi connectivity index (χ2n) is 6.24. The minimum absolute atomic E-state index is 0. The lowest BCUT2D eigenvalue weighted by molar-refractivity contribution is -0.384. The zero-order chi connectivity index (χ0) is 21.1. The Morgan fingerprint density at radius 2 is 1.70 bits per heavy atom. The van der Waals surface area contributed by atoms with Crippen molar-refractivity contribution in [2.45, 2.75) is 19.4 Å². The Labute approximate surface area is 181 Å². The van der Waals surface area contributed by atoms with Crippen molar-refractivity contribution in [2.75, 3.05) is 5.73 Å². The molecule has 3 rings (SSSR count). The molecule has 2 heterocycles. The number of nitrogens with two attached hydrogens (primary N) is 1. The molecule has 1 aromatic carbocycles. The summed E-state index contributed by atoms with van der Waals surface area (Å²) in [7, 11) is 0. The summed E-state index contributed by atoms with van der Waals surface area (Å²) in [4.78, 5) is 25.2. The molecule has 0 amide bonds. The molecule has 0 aliphatic heterocycles. The first-order valence-electron chi connectivity index (χ1n) is 8.45. The van der Waals surface area contributed by atoms with Gasteiger partial charge in [0.05, 0.1) is 26.6 Å². The number of halogens is 2. The molecule has 2 aromatic heterocycles. The van der Waals surface area contributed by atoms with Crippen LogP contribution in [-0.4, -0.2) is 19.4 Å². The predicted molar refractivity (Wildman–Crippen MR) is 115 cm³/mol. The van der Waals surface area contributed by atoms with Gasteiger partial charge in [0.15, 0.2) is 0 Å². The smallest absolute Gasteiger partial charge is 0.311 e. The number of aryl methyl sites for hydroxylation is 2. The number of nitrogens with zero attached hydrogens (tertiary/aromatic N) is 4. The molecule has 0 spiro atoms. The first-order chi connectivity index (χ1) is 13.8. The monoisotopic (exact) mass is 452 g/mol. The van der Waals surface area contributed by atoms with E-state index in [0.29, 0.717) is 46.3 Å². The summed E-state index contributed by atoms with van der Waals surface area (Å²) in [6, 6.07) is 7.66. The average molecular weight is 453 g/mol. The summed E-state index contributed by atoms with van der Waals surface area (Å²) in [6.45, 7) is 0.477. The van der Waals surface area contributed by atoms with E-state index < -0.39 is 9.85 Å². The van der Waals surface area contributed by atoms with E-state index in [1.807, 2.05) is 0 Å². The Kier molecular flexibility index (Phi) is 7.33. The summed E-state index contributed by atoms with van der Waals surface area (Å²) >= 11 is 12.1. The maximum absolute atomic E-state index is 11.5. The van der Waals surface area contributed by atoms with Crippen LogP contribution in [0.1, 0.15) is 12.1 Å². The van der Waals surface area contributed by atoms with Crippen LogP contribution in [0.5, 0.6) is 0 Å². The van der Waals surface area contributed by atoms with Crippen molar-refractivity contribution in [1.82, 2.24) is 15.7 Å². The van der Waals surface area contributed by atoms with Crippen molar-refractivity contribution in [1.29, 1.82) is 0 Å². The molecule has 30 heavy (non-hydrogen) atoms. The average Bonchev–Trinajstić information content (AvgIpc) is 3.05. The van der Waals surface area contributed by atoms with Gasteiger partial charge in [-0.05, 0) is 31.0 Å². The molecule has 0 aliphatic carbocycles. The number of rotatable bonds is 7. The van der Waals surface area contributed by atoms with E-state index in [0.717, 1.165) is 0 Å². The van der Waals surface area contributed by atoms with E-state index >= 15 is 0 Å². The minimum Gasteiger partial charge on any atom is -0.378 e. The molecular weight excluding hydrogens is 435 g/mol. The second kappa shape index (κ2) is 9.53. The van der Waals surface area contributed by atoms with Crippen LogP contribution >= 0.6 is 23.2 Å². The van der Waals surface area contributed by atoms with Crippen LogP contribution in [-0.2, 0) is 13.0 Å². The van der Waals surface area contributed by atoms with Gasteiger partial charge in [0.1, 0.15) is 0 Å². The van der Waals surface area contributed by atoms with E-state index in [1.54, 1.807) is 29.0 Å². The molecule has 12 heteroatoms. The molecule has 5 N–H and O–H groups in total. The highest BCUT2D eigenvalue weighted by atomic mass is 35.5. The Morgan fingerprint density at radius 3 is 2.30 bits per heavy atom. The molecule has 0 unspecified atom stereocenters. The van der Waals surface area contributed by atoms with Crippen molar-refractivity contribution in [3.8, 4) is 11.1 Å². The Morgan fingerprint density at radius 1 is 1.00 bits per heavy atom. The Bertz CT molecular complexity index is 1100. The molecule has 0 bridgehead atoms. The Balaban J connectivity index is 0.00000320. The number of nitrogen functional groups attached to an aromatic ring is 1. The molecule has 0 saturated heterocycles. The van der Waals surface area contributed by atoms with Gasteiger partial charge in [-0.25, -0.2) is 4.98 Å². The first kappa shape index (κ1) is 23.1. The van der Waals surface area contributed by atoms with E-state index in [-0.39, 0.29) is 23.3 Å². The second-order valence-corrected chi connectivity index (χ2v) is 7.09. The number of hydrogen-bond donors (Lipinski definition) is 2. The molecule has 158 valence electrons. The van der Waals surface area contributed by atoms with Gasteiger partial charge in [-0.2, -0.15) is 0 Å². The third-order valence-electron chi connectivity index (χ3n) is 4.28. The Hall–Kier alpha value is -3.21. The van der Waals surface area contributed by atoms with Crippen LogP contribution in [0.4, 0.5) is 17.2 Å². The molecular formula is C18H18Cl2N6O4. The number of aromatic nitrogens is 2. The normalized spacial score (nSPS) is 10.5. The summed E-state index contributed by atoms with van der Waals surface area (Å²) in [6.07, 6.45) is 4.21. The lowest BCUT2D eigenvalue weighted by atomic mass is 10.1. The van der Waals surface area contributed by atoms with Crippen molar-refractivity contribution in [2.24, 2.45) is 0 Å². The van der Waals surface area contributed by atoms with Gasteiger partial charge in [-0.3, -0.25) is 20.2 Å². The molecule has 0 fully saturated rings. The van der Waals surface area contributed by atoms with Gasteiger partial charge in [-0.1, -0.05) is 29.3 Å². The van der Waals surface area contributed by atoms with Crippen molar-refractivity contribution >= 4 is 40.4 Å². The number of hydrogen-bond acceptors (Lipinski definition) is 7. The SMILES string of the molecule is N.Nc1nc(CCCn2cc(-c3ccc(Cl)cc3Cl)c([N+](=O)[O-])c2)ccc1[N+](=O)[O-]. The fraction of sp³-hybridized carbons (Fsp3) is 0.167. The van der Waals surface area contributed by atoms with Crippen LogP contribution in [0.3, 0.4) is 0 Å². The van der Waals surface area contributed by atoms with Gasteiger partial charge in [0.25, 0.3) is 5.69 Å². The van der Waals surface area contributed by atoms with Crippen LogP contribution in [0.2, 0.25) is 10.0 Å². The van der Waals surface area contributed by atoms with Gasteiger partial charge >= 0.3 is 5.69 Å². The van der Waals surface area contributed by atoms with Gasteiger partial charge in [-0.15, -0.1) is 0 Å². The zero-order valence-corrected chi connectivity index (χ0v) is 17.1. The maximum atomic E-state index is 11.5. The fourth-order valence-corrected chi connectivity index (χ4v) is 3.44. The lowest BCUT2D eigenvalue weighted by Crippen LogP contribution is -2.03. The number of benzene rings is 1. The molecule has 0 aliphatic rings. The first-order valence-corrected chi connectivity index (χ1v) is 9.21. The molecule has 3 aromatic rings. The maximum Gasteiger partial charge on any atom is 0.311 e. The van der Waals surface area contributed by atoms with Gasteiger partial charge in [0.2, 0.25) is 5.82 Å². The number of pyridine rings is 1. The zero-order valence-electron chi connectivity index (χ0n) is 15.6.